The fraction of sp³-hybridized carbons (Fsp3) is 0. The molecule has 0 aromatic heterocycles. The Labute approximate surface area is 142 Å². The normalized spacial score (nSPS) is 10.4. The second kappa shape index (κ2) is 7.98. The first-order valence-electron chi connectivity index (χ1n) is 6.83. The number of carbonyl (C=O) groups excluding carboxylic acids is 1. The van der Waals surface area contributed by atoms with Gasteiger partial charge in [0.25, 0.3) is 5.91 Å². The van der Waals surface area contributed by atoms with Gasteiger partial charge in [0, 0.05) is 17.3 Å². The Morgan fingerprint density at radius 1 is 1.12 bits per heavy atom. The summed E-state index contributed by atoms with van der Waals surface area (Å²) >= 11 is 5.06. The van der Waals surface area contributed by atoms with Crippen LogP contribution in [-0.4, -0.2) is 22.1 Å². The first-order chi connectivity index (χ1) is 11.4. The molecule has 2 aromatic carbocycles. The van der Waals surface area contributed by atoms with Gasteiger partial charge in [0.05, 0.1) is 0 Å². The number of carboxylic acid groups (broad SMARTS) is 1. The maximum Gasteiger partial charge on any atom is 0.328 e. The van der Waals surface area contributed by atoms with E-state index in [1.165, 1.54) is 30.3 Å². The predicted molar refractivity (Wildman–Crippen MR) is 93.2 cm³/mol. The second-order valence-corrected chi connectivity index (χ2v) is 5.12. The van der Waals surface area contributed by atoms with Gasteiger partial charge in [-0.3, -0.25) is 10.1 Å². The highest BCUT2D eigenvalue weighted by molar-refractivity contribution is 7.80. The zero-order chi connectivity index (χ0) is 17.5. The molecule has 0 aliphatic heterocycles. The van der Waals surface area contributed by atoms with Crippen molar-refractivity contribution in [3.63, 3.8) is 0 Å². The van der Waals surface area contributed by atoms with Crippen molar-refractivity contribution in [1.82, 2.24) is 5.32 Å². The molecule has 0 bridgehead atoms. The second-order valence-electron chi connectivity index (χ2n) is 4.71. The molecule has 0 radical (unpaired) electrons. The standard InChI is InChI=1S/C17H13FN2O3S/c18-13-7-5-12(6-8-13)16(23)20-17(24)19-14-3-1-2-11(10-14)4-9-15(21)22/h1-10H,(H,21,22)(H2,19,20,23,24)/b9-4+. The monoisotopic (exact) mass is 344 g/mol. The summed E-state index contributed by atoms with van der Waals surface area (Å²) in [6.07, 6.45) is 2.46. The van der Waals surface area contributed by atoms with E-state index in [0.717, 1.165) is 6.08 Å². The van der Waals surface area contributed by atoms with E-state index in [-0.39, 0.29) is 10.7 Å². The molecule has 7 heteroatoms. The highest BCUT2D eigenvalue weighted by Gasteiger charge is 2.08. The van der Waals surface area contributed by atoms with Gasteiger partial charge in [-0.2, -0.15) is 0 Å². The summed E-state index contributed by atoms with van der Waals surface area (Å²) in [7, 11) is 0. The van der Waals surface area contributed by atoms with Crippen molar-refractivity contribution in [1.29, 1.82) is 0 Å². The number of anilines is 1. The van der Waals surface area contributed by atoms with Crippen molar-refractivity contribution in [2.24, 2.45) is 0 Å². The summed E-state index contributed by atoms with van der Waals surface area (Å²) in [6, 6.07) is 11.9. The lowest BCUT2D eigenvalue weighted by Gasteiger charge is -2.10. The summed E-state index contributed by atoms with van der Waals surface area (Å²) in [5.74, 6) is -1.94. The molecule has 2 rings (SSSR count). The minimum atomic E-state index is -1.05. The number of benzene rings is 2. The molecule has 122 valence electrons. The molecular weight excluding hydrogens is 331 g/mol. The number of carboxylic acids is 1. The molecular formula is C17H13FN2O3S. The summed E-state index contributed by atoms with van der Waals surface area (Å²) in [5.41, 5.74) is 1.53. The Bertz CT molecular complexity index is 804. The molecule has 0 saturated carbocycles. The molecule has 0 fully saturated rings. The minimum Gasteiger partial charge on any atom is -0.478 e. The Morgan fingerprint density at radius 3 is 2.50 bits per heavy atom. The summed E-state index contributed by atoms with van der Waals surface area (Å²) < 4.78 is 12.8. The van der Waals surface area contributed by atoms with E-state index in [9.17, 15) is 14.0 Å². The molecule has 3 N–H and O–H groups in total. The van der Waals surface area contributed by atoms with Crippen LogP contribution in [0.4, 0.5) is 10.1 Å². The average molecular weight is 344 g/mol. The Morgan fingerprint density at radius 2 is 1.83 bits per heavy atom. The topological polar surface area (TPSA) is 78.4 Å². The fourth-order valence-corrected chi connectivity index (χ4v) is 2.04. The SMILES string of the molecule is O=C(O)/C=C/c1cccc(NC(=S)NC(=O)c2ccc(F)cc2)c1. The quantitative estimate of drug-likeness (QED) is 0.587. The number of nitrogens with one attached hydrogen (secondary N) is 2. The lowest BCUT2D eigenvalue weighted by molar-refractivity contribution is -0.131. The smallest absolute Gasteiger partial charge is 0.328 e. The van der Waals surface area contributed by atoms with E-state index in [4.69, 9.17) is 17.3 Å². The van der Waals surface area contributed by atoms with Crippen LogP contribution in [0, 0.1) is 5.82 Å². The lowest BCUT2D eigenvalue weighted by atomic mass is 10.2. The summed E-state index contributed by atoms with van der Waals surface area (Å²) in [4.78, 5) is 22.5. The van der Waals surface area contributed by atoms with Crippen molar-refractivity contribution in [2.45, 2.75) is 0 Å². The number of aliphatic carboxylic acids is 1. The van der Waals surface area contributed by atoms with Gasteiger partial charge < -0.3 is 10.4 Å². The molecule has 0 atom stereocenters. The molecule has 24 heavy (non-hydrogen) atoms. The van der Waals surface area contributed by atoms with E-state index in [1.807, 2.05) is 0 Å². The number of thiocarbonyl (C=S) groups is 1. The van der Waals surface area contributed by atoms with Crippen LogP contribution in [0.5, 0.6) is 0 Å². The fourth-order valence-electron chi connectivity index (χ4n) is 1.83. The van der Waals surface area contributed by atoms with Crippen LogP contribution < -0.4 is 10.6 Å². The number of amides is 1. The first kappa shape index (κ1) is 17.3. The minimum absolute atomic E-state index is 0.0729. The van der Waals surface area contributed by atoms with Gasteiger partial charge in [-0.05, 0) is 60.3 Å². The van der Waals surface area contributed by atoms with Crippen molar-refractivity contribution in [2.75, 3.05) is 5.32 Å². The van der Waals surface area contributed by atoms with E-state index >= 15 is 0 Å². The molecule has 0 aliphatic carbocycles. The summed E-state index contributed by atoms with van der Waals surface area (Å²) in [5, 5.41) is 14.0. The van der Waals surface area contributed by atoms with Crippen LogP contribution in [0.1, 0.15) is 15.9 Å². The molecule has 1 amide bonds. The van der Waals surface area contributed by atoms with E-state index in [2.05, 4.69) is 10.6 Å². The molecule has 2 aromatic rings. The number of carbonyl (C=O) groups is 2. The maximum absolute atomic E-state index is 12.8. The molecule has 0 saturated heterocycles. The average Bonchev–Trinajstić information content (AvgIpc) is 2.53. The highest BCUT2D eigenvalue weighted by atomic mass is 32.1. The van der Waals surface area contributed by atoms with Gasteiger partial charge in [-0.25, -0.2) is 9.18 Å². The van der Waals surface area contributed by atoms with Gasteiger partial charge in [-0.1, -0.05) is 12.1 Å². The van der Waals surface area contributed by atoms with Crippen molar-refractivity contribution in [3.8, 4) is 0 Å². The molecule has 0 spiro atoms. The largest absolute Gasteiger partial charge is 0.478 e. The van der Waals surface area contributed by atoms with Crippen LogP contribution in [0.25, 0.3) is 6.08 Å². The van der Waals surface area contributed by atoms with Crippen LogP contribution >= 0.6 is 12.2 Å². The third kappa shape index (κ3) is 5.29. The van der Waals surface area contributed by atoms with Gasteiger partial charge in [-0.15, -0.1) is 0 Å². The van der Waals surface area contributed by atoms with Crippen molar-refractivity contribution in [3.05, 3.63) is 71.6 Å². The zero-order valence-corrected chi connectivity index (χ0v) is 13.1. The van der Waals surface area contributed by atoms with Gasteiger partial charge in [0.2, 0.25) is 0 Å². The first-order valence-corrected chi connectivity index (χ1v) is 7.24. The number of hydrogen-bond acceptors (Lipinski definition) is 3. The number of rotatable bonds is 4. The Kier molecular flexibility index (Phi) is 5.75. The van der Waals surface area contributed by atoms with E-state index in [0.29, 0.717) is 11.3 Å². The van der Waals surface area contributed by atoms with Crippen LogP contribution in [0.15, 0.2) is 54.6 Å². The number of halogens is 1. The van der Waals surface area contributed by atoms with Crippen LogP contribution in [0.3, 0.4) is 0 Å². The maximum atomic E-state index is 12.8. The Hall–Kier alpha value is -3.06. The van der Waals surface area contributed by atoms with E-state index < -0.39 is 17.7 Å². The molecule has 0 unspecified atom stereocenters. The highest BCUT2D eigenvalue weighted by Crippen LogP contribution is 2.12. The van der Waals surface area contributed by atoms with Crippen LogP contribution in [-0.2, 0) is 4.79 Å². The Balaban J connectivity index is 1.99. The van der Waals surface area contributed by atoms with Gasteiger partial charge in [0.15, 0.2) is 5.11 Å². The predicted octanol–water partition coefficient (Wildman–Crippen LogP) is 3.05. The lowest BCUT2D eigenvalue weighted by Crippen LogP contribution is -2.34. The van der Waals surface area contributed by atoms with Gasteiger partial charge >= 0.3 is 5.97 Å². The third-order valence-corrected chi connectivity index (χ3v) is 3.10. The van der Waals surface area contributed by atoms with E-state index in [1.54, 1.807) is 24.3 Å². The molecule has 0 heterocycles. The molecule has 0 aliphatic rings. The van der Waals surface area contributed by atoms with Gasteiger partial charge in [0.1, 0.15) is 5.82 Å². The summed E-state index contributed by atoms with van der Waals surface area (Å²) in [6.45, 7) is 0. The van der Waals surface area contributed by atoms with Crippen molar-refractivity contribution < 1.29 is 19.1 Å². The molecule has 5 nitrogen and oxygen atoms in total. The third-order valence-electron chi connectivity index (χ3n) is 2.90. The number of hydrogen-bond donors (Lipinski definition) is 3. The van der Waals surface area contributed by atoms with Crippen molar-refractivity contribution >= 4 is 41.0 Å². The van der Waals surface area contributed by atoms with Crippen LogP contribution in [0.2, 0.25) is 0 Å². The zero-order valence-electron chi connectivity index (χ0n) is 12.3.